The first-order chi connectivity index (χ1) is 8.12. The molecule has 4 nitrogen and oxygen atoms in total. The second kappa shape index (κ2) is 5.15. The predicted molar refractivity (Wildman–Crippen MR) is 60.4 cm³/mol. The van der Waals surface area contributed by atoms with E-state index in [0.717, 1.165) is 10.8 Å². The molecule has 0 spiro atoms. The van der Waals surface area contributed by atoms with E-state index in [-0.39, 0.29) is 17.9 Å². The lowest BCUT2D eigenvalue weighted by molar-refractivity contribution is -0.138. The topological polar surface area (TPSA) is 62.5 Å². The van der Waals surface area contributed by atoms with Crippen LogP contribution in [0, 0.1) is 5.92 Å². The van der Waals surface area contributed by atoms with Crippen molar-refractivity contribution in [3.05, 3.63) is 28.2 Å². The van der Waals surface area contributed by atoms with E-state index in [1.165, 1.54) is 0 Å². The van der Waals surface area contributed by atoms with Gasteiger partial charge in [-0.1, -0.05) is 13.8 Å². The Labute approximate surface area is 102 Å². The van der Waals surface area contributed by atoms with Gasteiger partial charge in [0, 0.05) is 12.7 Å². The van der Waals surface area contributed by atoms with Crippen molar-refractivity contribution in [2.75, 3.05) is 0 Å². The van der Waals surface area contributed by atoms with E-state index in [4.69, 9.17) is 10.0 Å². The third-order valence-corrected chi connectivity index (χ3v) is 2.27. The van der Waals surface area contributed by atoms with Crippen LogP contribution in [0.4, 0.5) is 13.2 Å². The van der Waals surface area contributed by atoms with Crippen LogP contribution in [-0.2, 0) is 12.7 Å². The van der Waals surface area contributed by atoms with Gasteiger partial charge in [0.15, 0.2) is 0 Å². The molecule has 0 aliphatic heterocycles. The summed E-state index contributed by atoms with van der Waals surface area (Å²) in [5.41, 5.74) is -2.93. The number of hydrogen-bond acceptors (Lipinski definition) is 3. The minimum absolute atomic E-state index is 0.0464. The molecule has 0 aliphatic carbocycles. The third-order valence-electron chi connectivity index (χ3n) is 2.27. The van der Waals surface area contributed by atoms with E-state index < -0.39 is 24.4 Å². The van der Waals surface area contributed by atoms with E-state index in [9.17, 15) is 18.0 Å². The molecule has 0 radical (unpaired) electrons. The fourth-order valence-corrected chi connectivity index (χ4v) is 1.53. The minimum atomic E-state index is -4.82. The molecule has 1 aromatic rings. The Morgan fingerprint density at radius 3 is 2.33 bits per heavy atom. The quantitative estimate of drug-likeness (QED) is 0.766. The molecule has 1 aromatic heterocycles. The Bertz CT molecular complexity index is 482. The van der Waals surface area contributed by atoms with Gasteiger partial charge in [-0.25, -0.2) is 0 Å². The van der Waals surface area contributed by atoms with Crippen molar-refractivity contribution >= 4 is 12.6 Å². The molecule has 100 valence electrons. The molecule has 0 atom stereocenters. The molecule has 0 saturated heterocycles. The highest BCUT2D eigenvalue weighted by Crippen LogP contribution is 2.25. The molecule has 8 heteroatoms. The molecule has 0 amide bonds. The van der Waals surface area contributed by atoms with Gasteiger partial charge < -0.3 is 14.6 Å². The number of alkyl halides is 3. The number of pyridine rings is 1. The summed E-state index contributed by atoms with van der Waals surface area (Å²) in [6.07, 6.45) is -3.79. The summed E-state index contributed by atoms with van der Waals surface area (Å²) in [5, 5.41) is 17.9. The van der Waals surface area contributed by atoms with Gasteiger partial charge >= 0.3 is 13.3 Å². The van der Waals surface area contributed by atoms with Gasteiger partial charge in [-0.15, -0.1) is 0 Å². The van der Waals surface area contributed by atoms with Gasteiger partial charge in [-0.05, 0) is 17.4 Å². The van der Waals surface area contributed by atoms with E-state index >= 15 is 0 Å². The Balaban J connectivity index is 3.43. The van der Waals surface area contributed by atoms with Crippen LogP contribution in [-0.4, -0.2) is 21.7 Å². The van der Waals surface area contributed by atoms with Gasteiger partial charge in [-0.2, -0.15) is 13.2 Å². The summed E-state index contributed by atoms with van der Waals surface area (Å²) in [6.45, 7) is 3.55. The Kier molecular flexibility index (Phi) is 4.23. The fourth-order valence-electron chi connectivity index (χ4n) is 1.53. The van der Waals surface area contributed by atoms with Gasteiger partial charge in [0.05, 0.1) is 0 Å². The zero-order chi connectivity index (χ0) is 14.1. The van der Waals surface area contributed by atoms with Gasteiger partial charge in [0.25, 0.3) is 5.56 Å². The predicted octanol–water partition coefficient (Wildman–Crippen LogP) is 0.203. The molecule has 0 aliphatic rings. The smallest absolute Gasteiger partial charge is 0.423 e. The largest absolute Gasteiger partial charge is 0.489 e. The molecule has 0 saturated carbocycles. The van der Waals surface area contributed by atoms with Crippen LogP contribution in [0.25, 0.3) is 0 Å². The highest BCUT2D eigenvalue weighted by molar-refractivity contribution is 6.58. The highest BCUT2D eigenvalue weighted by atomic mass is 19.4. The zero-order valence-corrected chi connectivity index (χ0v) is 9.90. The Morgan fingerprint density at radius 1 is 1.39 bits per heavy atom. The minimum Gasteiger partial charge on any atom is -0.423 e. The summed E-state index contributed by atoms with van der Waals surface area (Å²) in [4.78, 5) is 11.6. The summed E-state index contributed by atoms with van der Waals surface area (Å²) >= 11 is 0. The molecular weight excluding hydrogens is 250 g/mol. The van der Waals surface area contributed by atoms with Crippen LogP contribution in [0.15, 0.2) is 17.1 Å². The average Bonchev–Trinajstić information content (AvgIpc) is 2.18. The standard InChI is InChI=1S/C10H13BF3NO3/c1-6(2)4-15-5-7(11(17)18)3-8(9(15)16)10(12,13)14/h3,5-6,17-18H,4H2,1-2H3. The number of rotatable bonds is 3. The lowest BCUT2D eigenvalue weighted by atomic mass is 9.81. The lowest BCUT2D eigenvalue weighted by Crippen LogP contribution is -2.39. The number of halogens is 3. The lowest BCUT2D eigenvalue weighted by Gasteiger charge is -2.14. The van der Waals surface area contributed by atoms with Crippen molar-refractivity contribution in [3.8, 4) is 0 Å². The summed E-state index contributed by atoms with van der Waals surface area (Å²) in [6, 6.07) is 0.462. The molecule has 18 heavy (non-hydrogen) atoms. The second-order valence-electron chi connectivity index (χ2n) is 4.41. The van der Waals surface area contributed by atoms with Crippen molar-refractivity contribution < 1.29 is 23.2 Å². The molecule has 0 unspecified atom stereocenters. The summed E-state index contributed by atoms with van der Waals surface area (Å²) in [5.74, 6) is -0.0464. The molecule has 1 heterocycles. The normalized spacial score (nSPS) is 12.0. The van der Waals surface area contributed by atoms with Crippen molar-refractivity contribution in [2.24, 2.45) is 5.92 Å². The first kappa shape index (κ1) is 14.8. The molecule has 0 bridgehead atoms. The highest BCUT2D eigenvalue weighted by Gasteiger charge is 2.35. The maximum Gasteiger partial charge on any atom is 0.489 e. The van der Waals surface area contributed by atoms with E-state index in [2.05, 4.69) is 0 Å². The molecule has 0 fully saturated rings. The van der Waals surface area contributed by atoms with Gasteiger partial charge in [0.1, 0.15) is 5.56 Å². The van der Waals surface area contributed by atoms with Crippen molar-refractivity contribution in [1.29, 1.82) is 0 Å². The fraction of sp³-hybridized carbons (Fsp3) is 0.500. The summed E-state index contributed by atoms with van der Waals surface area (Å²) in [7, 11) is -2.05. The van der Waals surface area contributed by atoms with E-state index in [0.29, 0.717) is 6.07 Å². The zero-order valence-electron chi connectivity index (χ0n) is 9.90. The first-order valence-corrected chi connectivity index (χ1v) is 5.30. The number of nitrogens with zero attached hydrogens (tertiary/aromatic N) is 1. The number of aromatic nitrogens is 1. The SMILES string of the molecule is CC(C)Cn1cc(B(O)O)cc(C(F)(F)F)c1=O. The molecular formula is C10H13BF3NO3. The van der Waals surface area contributed by atoms with Crippen LogP contribution < -0.4 is 11.0 Å². The third kappa shape index (κ3) is 3.36. The van der Waals surface area contributed by atoms with Crippen LogP contribution in [0.5, 0.6) is 0 Å². The Morgan fingerprint density at radius 2 is 1.94 bits per heavy atom. The van der Waals surface area contributed by atoms with Gasteiger partial charge in [0.2, 0.25) is 0 Å². The van der Waals surface area contributed by atoms with Crippen molar-refractivity contribution in [2.45, 2.75) is 26.6 Å². The Hall–Kier alpha value is -1.28. The average molecular weight is 263 g/mol. The molecule has 2 N–H and O–H groups in total. The molecule has 1 rings (SSSR count). The summed E-state index contributed by atoms with van der Waals surface area (Å²) < 4.78 is 38.7. The van der Waals surface area contributed by atoms with E-state index in [1.54, 1.807) is 13.8 Å². The second-order valence-corrected chi connectivity index (χ2v) is 4.41. The van der Waals surface area contributed by atoms with Crippen LogP contribution in [0.1, 0.15) is 19.4 Å². The van der Waals surface area contributed by atoms with Crippen LogP contribution in [0.2, 0.25) is 0 Å². The van der Waals surface area contributed by atoms with E-state index in [1.807, 2.05) is 0 Å². The van der Waals surface area contributed by atoms with Crippen molar-refractivity contribution in [3.63, 3.8) is 0 Å². The van der Waals surface area contributed by atoms with Crippen LogP contribution >= 0.6 is 0 Å². The molecule has 0 aromatic carbocycles. The first-order valence-electron chi connectivity index (χ1n) is 5.30. The van der Waals surface area contributed by atoms with Crippen molar-refractivity contribution in [1.82, 2.24) is 4.57 Å². The van der Waals surface area contributed by atoms with Crippen LogP contribution in [0.3, 0.4) is 0 Å². The van der Waals surface area contributed by atoms with Gasteiger partial charge in [-0.3, -0.25) is 4.79 Å². The number of hydrogen-bond donors (Lipinski definition) is 2. The maximum absolute atomic E-state index is 12.6. The monoisotopic (exact) mass is 263 g/mol. The maximum atomic E-state index is 12.6.